The summed E-state index contributed by atoms with van der Waals surface area (Å²) in [7, 11) is -3.86. The van der Waals surface area contributed by atoms with Crippen molar-refractivity contribution in [3.8, 4) is 5.75 Å². The molecule has 0 aromatic heterocycles. The number of benzene rings is 1. The molecule has 2 saturated heterocycles. The lowest BCUT2D eigenvalue weighted by Gasteiger charge is -2.30. The second kappa shape index (κ2) is 14.3. The molecular weight excluding hydrogens is 533 g/mol. The van der Waals surface area contributed by atoms with Gasteiger partial charge in [-0.1, -0.05) is 0 Å². The van der Waals surface area contributed by atoms with Crippen molar-refractivity contribution < 1.29 is 45.8 Å². The molecule has 214 valence electrons. The standard InChI is InChI=1S/C21H32N4O5S.C2HF3O2/c1-2-30-18-6-8-19(9-7-18)31(28,29)25(14-4-13-23-12-3-5-20(23)26)17-21(27)24-15-10-22-11-16-24;3-2(4,5)1(6)7/h6-9,22H,2-5,10-17H2,1H3;(H,6,7). The van der Waals surface area contributed by atoms with Crippen LogP contribution in [0.15, 0.2) is 29.2 Å². The number of aliphatic carboxylic acids is 1. The number of rotatable bonds is 10. The van der Waals surface area contributed by atoms with Gasteiger partial charge in [-0.3, -0.25) is 9.59 Å². The van der Waals surface area contributed by atoms with Crippen molar-refractivity contribution in [1.29, 1.82) is 0 Å². The molecule has 1 aromatic carbocycles. The lowest BCUT2D eigenvalue weighted by Crippen LogP contribution is -2.50. The number of hydrogen-bond donors (Lipinski definition) is 2. The second-order valence-electron chi connectivity index (χ2n) is 8.51. The number of carbonyl (C=O) groups is 3. The first kappa shape index (κ1) is 31.3. The van der Waals surface area contributed by atoms with Gasteiger partial charge in [-0.2, -0.15) is 17.5 Å². The van der Waals surface area contributed by atoms with Gasteiger partial charge in [0.05, 0.1) is 18.0 Å². The minimum absolute atomic E-state index is 0.109. The predicted octanol–water partition coefficient (Wildman–Crippen LogP) is 1.15. The highest BCUT2D eigenvalue weighted by Crippen LogP contribution is 2.21. The van der Waals surface area contributed by atoms with Crippen molar-refractivity contribution >= 4 is 27.8 Å². The third-order valence-electron chi connectivity index (χ3n) is 5.80. The topological polar surface area (TPSA) is 137 Å². The van der Waals surface area contributed by atoms with Gasteiger partial charge >= 0.3 is 12.1 Å². The lowest BCUT2D eigenvalue weighted by atomic mass is 10.3. The number of likely N-dealkylation sites (tertiary alicyclic amines) is 1. The molecule has 2 aliphatic heterocycles. The summed E-state index contributed by atoms with van der Waals surface area (Å²) in [6.07, 6.45) is -3.21. The van der Waals surface area contributed by atoms with E-state index in [1.54, 1.807) is 21.9 Å². The summed E-state index contributed by atoms with van der Waals surface area (Å²) in [6.45, 7) is 6.08. The fraction of sp³-hybridized carbons (Fsp3) is 0.609. The molecule has 0 aliphatic carbocycles. The molecule has 15 heteroatoms. The normalized spacial score (nSPS) is 16.3. The Morgan fingerprint density at radius 3 is 2.24 bits per heavy atom. The predicted molar refractivity (Wildman–Crippen MR) is 130 cm³/mol. The van der Waals surface area contributed by atoms with E-state index in [2.05, 4.69) is 5.32 Å². The average molecular weight is 567 g/mol. The molecule has 11 nitrogen and oxygen atoms in total. The molecule has 2 heterocycles. The van der Waals surface area contributed by atoms with Crippen LogP contribution in [0.5, 0.6) is 5.75 Å². The number of nitrogens with zero attached hydrogens (tertiary/aromatic N) is 3. The molecule has 0 unspecified atom stereocenters. The van der Waals surface area contributed by atoms with E-state index in [9.17, 15) is 31.2 Å². The van der Waals surface area contributed by atoms with Crippen LogP contribution < -0.4 is 10.1 Å². The highest BCUT2D eigenvalue weighted by Gasteiger charge is 2.38. The van der Waals surface area contributed by atoms with Crippen molar-refractivity contribution in [2.75, 3.05) is 59.0 Å². The zero-order chi connectivity index (χ0) is 28.3. The number of alkyl halides is 3. The summed E-state index contributed by atoms with van der Waals surface area (Å²) in [4.78, 5) is 37.1. The Morgan fingerprint density at radius 2 is 1.74 bits per heavy atom. The maximum absolute atomic E-state index is 13.3. The Bertz CT molecular complexity index is 1050. The van der Waals surface area contributed by atoms with Gasteiger partial charge in [0, 0.05) is 52.2 Å². The van der Waals surface area contributed by atoms with E-state index in [-0.39, 0.29) is 29.8 Å². The molecule has 0 saturated carbocycles. The Hall–Kier alpha value is -2.91. The van der Waals surface area contributed by atoms with Crippen LogP contribution in [0.3, 0.4) is 0 Å². The monoisotopic (exact) mass is 566 g/mol. The Kier molecular flexibility index (Phi) is 11.8. The van der Waals surface area contributed by atoms with Crippen LogP contribution in [-0.4, -0.2) is 111 Å². The third-order valence-corrected chi connectivity index (χ3v) is 7.66. The summed E-state index contributed by atoms with van der Waals surface area (Å²) < 4.78 is 65.0. The maximum atomic E-state index is 13.3. The van der Waals surface area contributed by atoms with Crippen LogP contribution in [0.4, 0.5) is 13.2 Å². The molecule has 0 spiro atoms. The number of piperazine rings is 1. The highest BCUT2D eigenvalue weighted by atomic mass is 32.2. The van der Waals surface area contributed by atoms with E-state index in [1.165, 1.54) is 16.4 Å². The van der Waals surface area contributed by atoms with Gasteiger partial charge in [0.1, 0.15) is 5.75 Å². The Morgan fingerprint density at radius 1 is 1.13 bits per heavy atom. The fourth-order valence-electron chi connectivity index (χ4n) is 3.85. The van der Waals surface area contributed by atoms with Gasteiger partial charge in [0.2, 0.25) is 21.8 Å². The first-order chi connectivity index (χ1) is 17.9. The van der Waals surface area contributed by atoms with E-state index >= 15 is 0 Å². The summed E-state index contributed by atoms with van der Waals surface area (Å²) in [6, 6.07) is 6.25. The summed E-state index contributed by atoms with van der Waals surface area (Å²) in [5.41, 5.74) is 0. The fourth-order valence-corrected chi connectivity index (χ4v) is 5.28. The molecule has 2 N–H and O–H groups in total. The molecule has 2 amide bonds. The van der Waals surface area contributed by atoms with Gasteiger partial charge in [0.15, 0.2) is 0 Å². The number of hydrogen-bond acceptors (Lipinski definition) is 7. The number of halogens is 3. The number of carboxylic acids is 1. The Labute approximate surface area is 219 Å². The number of sulfonamides is 1. The highest BCUT2D eigenvalue weighted by molar-refractivity contribution is 7.89. The van der Waals surface area contributed by atoms with Gasteiger partial charge in [0.25, 0.3) is 0 Å². The molecule has 0 radical (unpaired) electrons. The van der Waals surface area contributed by atoms with Crippen molar-refractivity contribution in [2.24, 2.45) is 0 Å². The van der Waals surface area contributed by atoms with Crippen LogP contribution in [0.2, 0.25) is 0 Å². The molecule has 3 rings (SSSR count). The summed E-state index contributed by atoms with van der Waals surface area (Å²) in [5, 5.41) is 10.3. The molecule has 0 atom stereocenters. The van der Waals surface area contributed by atoms with Crippen molar-refractivity contribution in [2.45, 2.75) is 37.3 Å². The van der Waals surface area contributed by atoms with E-state index in [0.29, 0.717) is 64.5 Å². The second-order valence-corrected chi connectivity index (χ2v) is 10.5. The molecular formula is C23H33F3N4O7S. The summed E-state index contributed by atoms with van der Waals surface area (Å²) >= 11 is 0. The largest absolute Gasteiger partial charge is 0.494 e. The minimum Gasteiger partial charge on any atom is -0.494 e. The van der Waals surface area contributed by atoms with Crippen LogP contribution >= 0.6 is 0 Å². The number of ether oxygens (including phenoxy) is 1. The first-order valence-electron chi connectivity index (χ1n) is 12.2. The van der Waals surface area contributed by atoms with Crippen LogP contribution in [-0.2, 0) is 24.4 Å². The quantitative estimate of drug-likeness (QED) is 0.431. The number of carboxylic acid groups (broad SMARTS) is 1. The summed E-state index contributed by atoms with van der Waals surface area (Å²) in [5.74, 6) is -2.25. The molecule has 1 aromatic rings. The zero-order valence-corrected chi connectivity index (χ0v) is 21.9. The Balaban J connectivity index is 0.000000638. The van der Waals surface area contributed by atoms with Gasteiger partial charge in [-0.05, 0) is 44.0 Å². The SMILES string of the molecule is CCOc1ccc(S(=O)(=O)N(CCCN2CCCC2=O)CC(=O)N2CCNCC2)cc1.O=C(O)C(F)(F)F. The maximum Gasteiger partial charge on any atom is 0.490 e. The zero-order valence-electron chi connectivity index (χ0n) is 21.1. The van der Waals surface area contributed by atoms with E-state index in [1.807, 2.05) is 6.92 Å². The van der Waals surface area contributed by atoms with Gasteiger partial charge in [-0.15, -0.1) is 0 Å². The lowest BCUT2D eigenvalue weighted by molar-refractivity contribution is -0.192. The first-order valence-corrected chi connectivity index (χ1v) is 13.6. The van der Waals surface area contributed by atoms with Gasteiger partial charge < -0.3 is 25.0 Å². The molecule has 0 bridgehead atoms. The number of nitrogens with one attached hydrogen (secondary N) is 1. The average Bonchev–Trinajstić information content (AvgIpc) is 3.28. The van der Waals surface area contributed by atoms with E-state index in [0.717, 1.165) is 6.42 Å². The molecule has 38 heavy (non-hydrogen) atoms. The van der Waals surface area contributed by atoms with Crippen molar-refractivity contribution in [3.05, 3.63) is 24.3 Å². The van der Waals surface area contributed by atoms with Crippen LogP contribution in [0, 0.1) is 0 Å². The van der Waals surface area contributed by atoms with Crippen molar-refractivity contribution in [1.82, 2.24) is 19.4 Å². The van der Waals surface area contributed by atoms with Gasteiger partial charge in [-0.25, -0.2) is 13.2 Å². The van der Waals surface area contributed by atoms with E-state index < -0.39 is 22.2 Å². The molecule has 2 aliphatic rings. The molecule has 2 fully saturated rings. The third kappa shape index (κ3) is 9.44. The minimum atomic E-state index is -5.08. The van der Waals surface area contributed by atoms with Crippen LogP contribution in [0.1, 0.15) is 26.2 Å². The number of carbonyl (C=O) groups excluding carboxylic acids is 2. The van der Waals surface area contributed by atoms with Crippen LogP contribution in [0.25, 0.3) is 0 Å². The van der Waals surface area contributed by atoms with Crippen molar-refractivity contribution in [3.63, 3.8) is 0 Å². The van der Waals surface area contributed by atoms with E-state index in [4.69, 9.17) is 14.6 Å². The number of amides is 2. The smallest absolute Gasteiger partial charge is 0.490 e.